The number of pyridine rings is 1. The largest absolute Gasteiger partial charge is 0.490 e. The van der Waals surface area contributed by atoms with Gasteiger partial charge in [-0.2, -0.15) is 13.2 Å². The first-order chi connectivity index (χ1) is 19.0. The van der Waals surface area contributed by atoms with Gasteiger partial charge in [-0.1, -0.05) is 0 Å². The molecule has 2 aromatic heterocycles. The predicted octanol–water partition coefficient (Wildman–Crippen LogP) is 4.22. The lowest BCUT2D eigenvalue weighted by Gasteiger charge is -2.26. The second-order valence-electron chi connectivity index (χ2n) is 8.71. The molecule has 1 fully saturated rings. The van der Waals surface area contributed by atoms with Crippen molar-refractivity contribution in [3.8, 4) is 0 Å². The van der Waals surface area contributed by atoms with E-state index in [-0.39, 0.29) is 4.90 Å². The molecule has 0 saturated carbocycles. The number of aliphatic carboxylic acids is 1. The number of hydrogen-bond donors (Lipinski definition) is 3. The van der Waals surface area contributed by atoms with Crippen molar-refractivity contribution in [2.45, 2.75) is 17.5 Å². The van der Waals surface area contributed by atoms with Crippen molar-refractivity contribution in [2.75, 3.05) is 44.7 Å². The Kier molecular flexibility index (Phi) is 9.52. The number of nitrogens with one attached hydrogen (secondary N) is 2. The number of anilines is 2. The summed E-state index contributed by atoms with van der Waals surface area (Å²) in [5, 5.41) is 11.3. The zero-order chi connectivity index (χ0) is 28.8. The number of aromatic nitrogens is 2. The van der Waals surface area contributed by atoms with Gasteiger partial charge in [0.25, 0.3) is 0 Å². The van der Waals surface area contributed by atoms with Crippen LogP contribution < -0.4 is 10.0 Å². The van der Waals surface area contributed by atoms with E-state index >= 15 is 0 Å². The summed E-state index contributed by atoms with van der Waals surface area (Å²) >= 11 is 1.59. The van der Waals surface area contributed by atoms with Gasteiger partial charge in [0.1, 0.15) is 0 Å². The van der Waals surface area contributed by atoms with E-state index in [2.05, 4.69) is 24.9 Å². The summed E-state index contributed by atoms with van der Waals surface area (Å²) in [6.07, 6.45) is -2.62. The number of carboxylic acids is 1. The van der Waals surface area contributed by atoms with Crippen molar-refractivity contribution in [2.24, 2.45) is 0 Å². The first-order valence-corrected chi connectivity index (χ1v) is 14.5. The molecule has 40 heavy (non-hydrogen) atoms. The molecule has 0 radical (unpaired) electrons. The number of hydrogen-bond acceptors (Lipinski definition) is 9. The molecule has 5 rings (SSSR count). The Balaban J connectivity index is 0.000000470. The molecule has 3 N–H and O–H groups in total. The lowest BCUT2D eigenvalue weighted by molar-refractivity contribution is -0.192. The minimum Gasteiger partial charge on any atom is -0.475 e. The molecular weight excluding hydrogens is 571 g/mol. The molecule has 0 atom stereocenters. The Morgan fingerprint density at radius 2 is 1.82 bits per heavy atom. The van der Waals surface area contributed by atoms with Crippen LogP contribution in [0.25, 0.3) is 21.1 Å². The SMILES string of the molecule is O=C(O)C(F)(F)F.O=S(=O)(NCCCN1CCOCC1)c1ccc2nccc(Nc3ccc4scnc4c3)c2c1. The van der Waals surface area contributed by atoms with Gasteiger partial charge in [0.15, 0.2) is 0 Å². The molecule has 0 amide bonds. The van der Waals surface area contributed by atoms with Gasteiger partial charge in [-0.15, -0.1) is 11.3 Å². The molecule has 1 aliphatic heterocycles. The van der Waals surface area contributed by atoms with Crippen LogP contribution in [0.3, 0.4) is 0 Å². The molecule has 214 valence electrons. The van der Waals surface area contributed by atoms with Crippen molar-refractivity contribution >= 4 is 59.8 Å². The van der Waals surface area contributed by atoms with Gasteiger partial charge in [-0.25, -0.2) is 22.9 Å². The van der Waals surface area contributed by atoms with Gasteiger partial charge in [-0.05, 0) is 55.4 Å². The standard InChI is InChI=1S/C23H25N5O3S2.C2HF3O2/c29-33(30,26-7-1-9-28-10-12-31-13-11-28)18-3-4-20-19(15-18)21(6-8-24-20)27-17-2-5-23-22(14-17)25-16-32-23;3-2(4,5)1(6)7/h2-6,8,14-16,26H,1,7,9-13H2,(H,24,27);(H,6,7). The maximum atomic E-state index is 12.9. The molecule has 10 nitrogen and oxygen atoms in total. The third kappa shape index (κ3) is 7.85. The number of rotatable bonds is 8. The molecule has 0 aliphatic carbocycles. The van der Waals surface area contributed by atoms with Crippen LogP contribution in [-0.2, 0) is 19.6 Å². The number of thiazole rings is 1. The Morgan fingerprint density at radius 1 is 1.07 bits per heavy atom. The molecular formula is C25H26F3N5O5S2. The van der Waals surface area contributed by atoms with Gasteiger partial charge in [0.05, 0.1) is 39.4 Å². The highest BCUT2D eigenvalue weighted by molar-refractivity contribution is 7.89. The monoisotopic (exact) mass is 597 g/mol. The topological polar surface area (TPSA) is 134 Å². The quantitative estimate of drug-likeness (QED) is 0.255. The average Bonchev–Trinajstić information content (AvgIpc) is 3.40. The van der Waals surface area contributed by atoms with Gasteiger partial charge < -0.3 is 15.2 Å². The summed E-state index contributed by atoms with van der Waals surface area (Å²) in [6.45, 7) is 4.52. The predicted molar refractivity (Wildman–Crippen MR) is 145 cm³/mol. The van der Waals surface area contributed by atoms with E-state index in [1.54, 1.807) is 35.7 Å². The lowest BCUT2D eigenvalue weighted by Crippen LogP contribution is -2.38. The second kappa shape index (κ2) is 12.9. The number of alkyl halides is 3. The normalized spacial score (nSPS) is 14.6. The van der Waals surface area contributed by atoms with Gasteiger partial charge in [0.2, 0.25) is 10.0 Å². The van der Waals surface area contributed by atoms with E-state index in [0.717, 1.165) is 71.8 Å². The molecule has 15 heteroatoms. The number of morpholine rings is 1. The highest BCUT2D eigenvalue weighted by atomic mass is 32.2. The molecule has 2 aromatic carbocycles. The zero-order valence-electron chi connectivity index (χ0n) is 21.0. The van der Waals surface area contributed by atoms with Crippen molar-refractivity contribution in [3.63, 3.8) is 0 Å². The highest BCUT2D eigenvalue weighted by Gasteiger charge is 2.38. The number of nitrogens with zero attached hydrogens (tertiary/aromatic N) is 3. The summed E-state index contributed by atoms with van der Waals surface area (Å²) in [4.78, 5) is 20.2. The molecule has 0 unspecified atom stereocenters. The third-order valence-electron chi connectivity index (χ3n) is 5.92. The van der Waals surface area contributed by atoms with E-state index < -0.39 is 22.2 Å². The fraction of sp³-hybridized carbons (Fsp3) is 0.320. The number of carboxylic acid groups (broad SMARTS) is 1. The van der Waals surface area contributed by atoms with Crippen LogP contribution in [0.15, 0.2) is 59.1 Å². The van der Waals surface area contributed by atoms with Crippen LogP contribution >= 0.6 is 11.3 Å². The van der Waals surface area contributed by atoms with Gasteiger partial charge in [-0.3, -0.25) is 9.88 Å². The Morgan fingerprint density at radius 3 is 2.55 bits per heavy atom. The van der Waals surface area contributed by atoms with Crippen molar-refractivity contribution in [1.82, 2.24) is 19.6 Å². The molecule has 1 saturated heterocycles. The smallest absolute Gasteiger partial charge is 0.475 e. The maximum Gasteiger partial charge on any atom is 0.490 e. The van der Waals surface area contributed by atoms with Crippen LogP contribution in [0.5, 0.6) is 0 Å². The number of benzene rings is 2. The van der Waals surface area contributed by atoms with E-state index in [4.69, 9.17) is 14.6 Å². The molecule has 1 aliphatic rings. The zero-order valence-corrected chi connectivity index (χ0v) is 22.7. The molecule has 0 spiro atoms. The summed E-state index contributed by atoms with van der Waals surface area (Å²) in [5.41, 5.74) is 5.14. The Hall–Kier alpha value is -3.37. The number of fused-ring (bicyclic) bond motifs is 2. The fourth-order valence-corrected chi connectivity index (χ4v) is 5.67. The summed E-state index contributed by atoms with van der Waals surface area (Å²) in [6, 6.07) is 12.9. The fourth-order valence-electron chi connectivity index (χ4n) is 3.91. The number of ether oxygens (including phenoxy) is 1. The lowest BCUT2D eigenvalue weighted by atomic mass is 10.2. The molecule has 3 heterocycles. The number of sulfonamides is 1. The first-order valence-electron chi connectivity index (χ1n) is 12.1. The van der Waals surface area contributed by atoms with Crippen LogP contribution in [0.1, 0.15) is 6.42 Å². The first kappa shape index (κ1) is 29.6. The van der Waals surface area contributed by atoms with Crippen LogP contribution in [0.4, 0.5) is 24.5 Å². The summed E-state index contributed by atoms with van der Waals surface area (Å²) in [5.74, 6) is -2.76. The van der Waals surface area contributed by atoms with Crippen molar-refractivity contribution in [3.05, 3.63) is 54.2 Å². The van der Waals surface area contributed by atoms with Gasteiger partial charge >= 0.3 is 12.1 Å². The third-order valence-corrected chi connectivity index (χ3v) is 8.19. The summed E-state index contributed by atoms with van der Waals surface area (Å²) in [7, 11) is -3.62. The molecule has 4 aromatic rings. The van der Waals surface area contributed by atoms with Crippen molar-refractivity contribution in [1.29, 1.82) is 0 Å². The van der Waals surface area contributed by atoms with Crippen LogP contribution in [0.2, 0.25) is 0 Å². The second-order valence-corrected chi connectivity index (χ2v) is 11.4. The molecule has 0 bridgehead atoms. The van der Waals surface area contributed by atoms with Gasteiger partial charge in [0, 0.05) is 42.6 Å². The number of halogens is 3. The average molecular weight is 598 g/mol. The minimum absolute atomic E-state index is 0.229. The van der Waals surface area contributed by atoms with Crippen LogP contribution in [0, 0.1) is 0 Å². The minimum atomic E-state index is -5.08. The highest BCUT2D eigenvalue weighted by Crippen LogP contribution is 2.29. The van der Waals surface area contributed by atoms with E-state index in [1.807, 2.05) is 29.8 Å². The van der Waals surface area contributed by atoms with Crippen LogP contribution in [-0.4, -0.2) is 79.9 Å². The van der Waals surface area contributed by atoms with Crippen molar-refractivity contribution < 1.29 is 36.2 Å². The Labute approximate surface area is 231 Å². The maximum absolute atomic E-state index is 12.9. The summed E-state index contributed by atoms with van der Waals surface area (Å²) < 4.78 is 66.8. The number of carbonyl (C=O) groups is 1. The van der Waals surface area contributed by atoms with E-state index in [1.165, 1.54) is 0 Å². The van der Waals surface area contributed by atoms with E-state index in [9.17, 15) is 21.6 Å². The Bertz CT molecular complexity index is 1570. The van der Waals surface area contributed by atoms with E-state index in [0.29, 0.717) is 6.54 Å².